The predicted molar refractivity (Wildman–Crippen MR) is 79.7 cm³/mol. The van der Waals surface area contributed by atoms with E-state index in [1.807, 2.05) is 32.3 Å². The molecule has 1 heterocycles. The Morgan fingerprint density at radius 3 is 2.65 bits per heavy atom. The zero-order valence-corrected chi connectivity index (χ0v) is 13.4. The Morgan fingerprint density at radius 2 is 2.15 bits per heavy atom. The van der Waals surface area contributed by atoms with Crippen molar-refractivity contribution < 1.29 is 9.90 Å². The Bertz CT molecular complexity index is 421. The average Bonchev–Trinajstić information content (AvgIpc) is 2.91. The lowest BCUT2D eigenvalue weighted by Gasteiger charge is -2.30. The van der Waals surface area contributed by atoms with E-state index in [1.54, 1.807) is 6.33 Å². The fourth-order valence-electron chi connectivity index (χ4n) is 1.84. The van der Waals surface area contributed by atoms with Gasteiger partial charge in [-0.05, 0) is 26.7 Å². The van der Waals surface area contributed by atoms with Crippen molar-refractivity contribution in [2.75, 3.05) is 12.4 Å². The van der Waals surface area contributed by atoms with Crippen molar-refractivity contribution in [3.8, 4) is 0 Å². The minimum atomic E-state index is -0.511. The van der Waals surface area contributed by atoms with Gasteiger partial charge in [0, 0.05) is 6.04 Å². The highest BCUT2D eigenvalue weighted by Gasteiger charge is 2.27. The smallest absolute Gasteiger partial charge is 0.230 e. The topological polar surface area (TPSA) is 80.0 Å². The number of aliphatic hydroxyl groups excluding tert-OH is 1. The van der Waals surface area contributed by atoms with Gasteiger partial charge in [0.15, 0.2) is 5.16 Å². The van der Waals surface area contributed by atoms with E-state index in [0.29, 0.717) is 12.8 Å². The first-order valence-electron chi connectivity index (χ1n) is 6.92. The third kappa shape index (κ3) is 4.21. The molecule has 2 N–H and O–H groups in total. The number of aliphatic hydroxyl groups is 1. The third-order valence-electron chi connectivity index (χ3n) is 3.49. The molecule has 0 fully saturated rings. The van der Waals surface area contributed by atoms with Gasteiger partial charge in [-0.1, -0.05) is 25.6 Å². The zero-order chi connectivity index (χ0) is 15.2. The van der Waals surface area contributed by atoms with Crippen LogP contribution < -0.4 is 5.32 Å². The van der Waals surface area contributed by atoms with Gasteiger partial charge in [0.05, 0.1) is 17.9 Å². The Labute approximate surface area is 124 Å². The number of hydrogen-bond donors (Lipinski definition) is 2. The van der Waals surface area contributed by atoms with Crippen molar-refractivity contribution >= 4 is 17.7 Å². The molecule has 1 aromatic rings. The summed E-state index contributed by atoms with van der Waals surface area (Å²) in [5.41, 5.74) is -0.511. The first-order valence-corrected chi connectivity index (χ1v) is 7.90. The van der Waals surface area contributed by atoms with Gasteiger partial charge >= 0.3 is 0 Å². The van der Waals surface area contributed by atoms with Gasteiger partial charge in [0.1, 0.15) is 6.33 Å². The molecule has 0 saturated heterocycles. The second-order valence-corrected chi connectivity index (χ2v) is 6.04. The predicted octanol–water partition coefficient (Wildman–Crippen LogP) is 1.62. The van der Waals surface area contributed by atoms with Crippen LogP contribution in [0.15, 0.2) is 11.5 Å². The quantitative estimate of drug-likeness (QED) is 0.713. The van der Waals surface area contributed by atoms with E-state index in [1.165, 1.54) is 11.8 Å². The van der Waals surface area contributed by atoms with E-state index < -0.39 is 5.54 Å². The molecule has 6 nitrogen and oxygen atoms in total. The number of aromatic nitrogens is 3. The van der Waals surface area contributed by atoms with Crippen molar-refractivity contribution in [3.63, 3.8) is 0 Å². The Kier molecular flexibility index (Phi) is 6.48. The molecule has 7 heteroatoms. The van der Waals surface area contributed by atoms with Crippen LogP contribution in [-0.4, -0.2) is 43.7 Å². The molecule has 0 aromatic carbocycles. The number of carbonyl (C=O) groups excluding carboxylic acids is 1. The highest BCUT2D eigenvalue weighted by molar-refractivity contribution is 7.99. The Morgan fingerprint density at radius 1 is 1.50 bits per heavy atom. The van der Waals surface area contributed by atoms with E-state index in [-0.39, 0.29) is 24.3 Å². The van der Waals surface area contributed by atoms with Crippen molar-refractivity contribution in [2.45, 2.75) is 57.3 Å². The summed E-state index contributed by atoms with van der Waals surface area (Å²) in [5.74, 6) is 0.179. The minimum absolute atomic E-state index is 0.0431. The van der Waals surface area contributed by atoms with Gasteiger partial charge < -0.3 is 15.0 Å². The minimum Gasteiger partial charge on any atom is -0.394 e. The first-order chi connectivity index (χ1) is 9.48. The molecule has 1 aromatic heterocycles. The molecular formula is C13H24N4O2S. The molecule has 0 saturated carbocycles. The summed E-state index contributed by atoms with van der Waals surface area (Å²) >= 11 is 1.36. The maximum atomic E-state index is 12.0. The number of carbonyl (C=O) groups is 1. The number of hydrogen-bond acceptors (Lipinski definition) is 5. The SMILES string of the molecule is CCC(CC)(CO)NC(=O)CSc1nncn1C(C)C. The molecule has 20 heavy (non-hydrogen) atoms. The molecule has 0 aliphatic rings. The van der Waals surface area contributed by atoms with E-state index in [4.69, 9.17) is 0 Å². The maximum absolute atomic E-state index is 12.0. The van der Waals surface area contributed by atoms with Crippen LogP contribution >= 0.6 is 11.8 Å². The average molecular weight is 300 g/mol. The van der Waals surface area contributed by atoms with E-state index >= 15 is 0 Å². The summed E-state index contributed by atoms with van der Waals surface area (Å²) < 4.78 is 1.93. The number of nitrogens with zero attached hydrogens (tertiary/aromatic N) is 3. The van der Waals surface area contributed by atoms with Crippen LogP contribution in [0.5, 0.6) is 0 Å². The van der Waals surface area contributed by atoms with Gasteiger partial charge in [-0.25, -0.2) is 0 Å². The molecule has 1 rings (SSSR count). The second kappa shape index (κ2) is 7.64. The summed E-state index contributed by atoms with van der Waals surface area (Å²) in [5, 5.41) is 21.0. The number of rotatable bonds is 8. The molecule has 0 atom stereocenters. The molecule has 0 radical (unpaired) electrons. The lowest BCUT2D eigenvalue weighted by Crippen LogP contribution is -2.51. The molecule has 0 aliphatic carbocycles. The number of thioether (sulfide) groups is 1. The van der Waals surface area contributed by atoms with Crippen LogP contribution in [0.25, 0.3) is 0 Å². The highest BCUT2D eigenvalue weighted by atomic mass is 32.2. The van der Waals surface area contributed by atoms with Crippen LogP contribution in [0.4, 0.5) is 0 Å². The van der Waals surface area contributed by atoms with Crippen LogP contribution in [0.1, 0.15) is 46.6 Å². The fraction of sp³-hybridized carbons (Fsp3) is 0.769. The molecular weight excluding hydrogens is 276 g/mol. The van der Waals surface area contributed by atoms with Gasteiger partial charge in [0.25, 0.3) is 0 Å². The Hall–Kier alpha value is -1.08. The van der Waals surface area contributed by atoms with Crippen molar-refractivity contribution in [1.82, 2.24) is 20.1 Å². The molecule has 0 aliphatic heterocycles. The standard InChI is InChI=1S/C13H24N4O2S/c1-5-13(6-2,8-18)15-11(19)7-20-12-16-14-9-17(12)10(3)4/h9-10,18H,5-8H2,1-4H3,(H,15,19). The maximum Gasteiger partial charge on any atom is 0.230 e. The summed E-state index contributed by atoms with van der Waals surface area (Å²) in [6.07, 6.45) is 3.08. The molecule has 1 amide bonds. The monoisotopic (exact) mass is 300 g/mol. The first kappa shape index (κ1) is 17.0. The number of nitrogens with one attached hydrogen (secondary N) is 1. The van der Waals surface area contributed by atoms with Gasteiger partial charge in [-0.2, -0.15) is 0 Å². The van der Waals surface area contributed by atoms with Gasteiger partial charge in [-0.15, -0.1) is 10.2 Å². The van der Waals surface area contributed by atoms with Crippen LogP contribution in [0.3, 0.4) is 0 Å². The van der Waals surface area contributed by atoms with Gasteiger partial charge in [-0.3, -0.25) is 4.79 Å². The summed E-state index contributed by atoms with van der Waals surface area (Å²) in [7, 11) is 0. The molecule has 114 valence electrons. The molecule has 0 unspecified atom stereocenters. The molecule has 0 spiro atoms. The normalized spacial score (nSPS) is 11.9. The highest BCUT2D eigenvalue weighted by Crippen LogP contribution is 2.19. The van der Waals surface area contributed by atoms with Crippen LogP contribution in [0.2, 0.25) is 0 Å². The molecule has 0 bridgehead atoms. The van der Waals surface area contributed by atoms with E-state index in [0.717, 1.165) is 5.16 Å². The van der Waals surface area contributed by atoms with Crippen LogP contribution in [-0.2, 0) is 4.79 Å². The lowest BCUT2D eigenvalue weighted by molar-refractivity contribution is -0.121. The number of amides is 1. The summed E-state index contributed by atoms with van der Waals surface area (Å²) in [4.78, 5) is 12.0. The van der Waals surface area contributed by atoms with E-state index in [2.05, 4.69) is 15.5 Å². The van der Waals surface area contributed by atoms with Crippen molar-refractivity contribution in [1.29, 1.82) is 0 Å². The summed E-state index contributed by atoms with van der Waals surface area (Å²) in [6.45, 7) is 7.96. The van der Waals surface area contributed by atoms with Crippen molar-refractivity contribution in [2.24, 2.45) is 0 Å². The lowest BCUT2D eigenvalue weighted by atomic mass is 9.94. The zero-order valence-electron chi connectivity index (χ0n) is 12.6. The third-order valence-corrected chi connectivity index (χ3v) is 4.45. The van der Waals surface area contributed by atoms with Crippen molar-refractivity contribution in [3.05, 3.63) is 6.33 Å². The Balaban J connectivity index is 2.57. The van der Waals surface area contributed by atoms with Crippen LogP contribution in [0, 0.1) is 0 Å². The fourth-order valence-corrected chi connectivity index (χ4v) is 2.69. The second-order valence-electron chi connectivity index (χ2n) is 5.10. The summed E-state index contributed by atoms with van der Waals surface area (Å²) in [6, 6.07) is 0.262. The van der Waals surface area contributed by atoms with Gasteiger partial charge in [0.2, 0.25) is 5.91 Å². The van der Waals surface area contributed by atoms with E-state index in [9.17, 15) is 9.90 Å². The largest absolute Gasteiger partial charge is 0.394 e.